The third-order valence-electron chi connectivity index (χ3n) is 3.71. The lowest BCUT2D eigenvalue weighted by atomic mass is 10.2. The molecule has 11 nitrogen and oxygen atoms in total. The molecule has 4 rings (SSSR count). The monoisotopic (exact) mass is 400 g/mol. The second-order valence-electron chi connectivity index (χ2n) is 5.48. The molecule has 0 atom stereocenters. The van der Waals surface area contributed by atoms with Crippen LogP contribution >= 0.6 is 11.8 Å². The third kappa shape index (κ3) is 3.37. The van der Waals surface area contributed by atoms with Crippen molar-refractivity contribution in [2.75, 3.05) is 18.5 Å². The summed E-state index contributed by atoms with van der Waals surface area (Å²) < 4.78 is 10.4. The van der Waals surface area contributed by atoms with Crippen molar-refractivity contribution in [3.05, 3.63) is 46.5 Å². The first-order chi connectivity index (χ1) is 13.7. The van der Waals surface area contributed by atoms with E-state index >= 15 is 0 Å². The van der Waals surface area contributed by atoms with Crippen molar-refractivity contribution in [2.45, 2.75) is 10.1 Å². The number of nitrogens with zero attached hydrogens (tertiary/aromatic N) is 5. The van der Waals surface area contributed by atoms with Gasteiger partial charge in [-0.05, 0) is 40.3 Å². The number of aromatic nitrogens is 4. The lowest BCUT2D eigenvalue weighted by molar-refractivity contribution is -0.382. The van der Waals surface area contributed by atoms with Gasteiger partial charge in [0.2, 0.25) is 11.4 Å². The number of aliphatic hydroxyl groups is 1. The van der Waals surface area contributed by atoms with Crippen LogP contribution in [0.15, 0.2) is 55.6 Å². The maximum Gasteiger partial charge on any atom is 0.323 e. The minimum absolute atomic E-state index is 0.0155. The van der Waals surface area contributed by atoms with Crippen LogP contribution in [0, 0.1) is 10.1 Å². The van der Waals surface area contributed by atoms with Gasteiger partial charge in [-0.1, -0.05) is 18.2 Å². The molecule has 2 heterocycles. The number of aliphatic hydroxyl groups excluding tert-OH is 1. The first kappa shape index (κ1) is 17.9. The van der Waals surface area contributed by atoms with Crippen LogP contribution in [-0.4, -0.2) is 43.7 Å². The van der Waals surface area contributed by atoms with Gasteiger partial charge in [-0.2, -0.15) is 0 Å². The van der Waals surface area contributed by atoms with E-state index < -0.39 is 4.92 Å². The number of nitro benzene ring substituents is 1. The number of fused-ring (bicyclic) bond motifs is 1. The molecule has 0 amide bonds. The van der Waals surface area contributed by atoms with Gasteiger partial charge < -0.3 is 14.8 Å². The van der Waals surface area contributed by atoms with E-state index in [-0.39, 0.29) is 40.8 Å². The second-order valence-corrected chi connectivity index (χ2v) is 6.47. The molecule has 142 valence electrons. The van der Waals surface area contributed by atoms with Gasteiger partial charge in [-0.15, -0.1) is 10.2 Å². The van der Waals surface area contributed by atoms with Gasteiger partial charge in [-0.25, -0.2) is 4.63 Å². The fourth-order valence-electron chi connectivity index (χ4n) is 2.53. The minimum Gasteiger partial charge on any atom is -0.411 e. The third-order valence-corrected chi connectivity index (χ3v) is 4.58. The van der Waals surface area contributed by atoms with Gasteiger partial charge in [0.05, 0.1) is 16.4 Å². The smallest absolute Gasteiger partial charge is 0.323 e. The molecular weight excluding hydrogens is 388 g/mol. The average molecular weight is 400 g/mol. The number of anilines is 1. The second kappa shape index (κ2) is 7.62. The van der Waals surface area contributed by atoms with Gasteiger partial charge in [0.15, 0.2) is 5.52 Å². The van der Waals surface area contributed by atoms with Gasteiger partial charge in [0.1, 0.15) is 5.69 Å². The van der Waals surface area contributed by atoms with Crippen molar-refractivity contribution in [3.63, 3.8) is 0 Å². The molecule has 0 aliphatic carbocycles. The predicted octanol–water partition coefficient (Wildman–Crippen LogP) is 2.74. The molecule has 12 heteroatoms. The molecule has 0 unspecified atom stereocenters. The summed E-state index contributed by atoms with van der Waals surface area (Å²) in [7, 11) is 0. The largest absolute Gasteiger partial charge is 0.411 e. The zero-order valence-corrected chi connectivity index (χ0v) is 14.9. The van der Waals surface area contributed by atoms with Crippen molar-refractivity contribution in [2.24, 2.45) is 0 Å². The predicted molar refractivity (Wildman–Crippen MR) is 97.9 cm³/mol. The van der Waals surface area contributed by atoms with E-state index in [9.17, 15) is 10.1 Å². The Morgan fingerprint density at radius 3 is 2.71 bits per heavy atom. The summed E-state index contributed by atoms with van der Waals surface area (Å²) in [6.45, 7) is -0.0702. The molecule has 2 aromatic heterocycles. The number of hydrogen-bond acceptors (Lipinski definition) is 11. The number of hydrogen-bond donors (Lipinski definition) is 2. The molecule has 4 aromatic rings. The quantitative estimate of drug-likeness (QED) is 0.347. The van der Waals surface area contributed by atoms with E-state index in [1.807, 2.05) is 30.3 Å². The van der Waals surface area contributed by atoms with Crippen LogP contribution in [0.3, 0.4) is 0 Å². The Bertz CT molecular complexity index is 1130. The Labute approximate surface area is 160 Å². The zero-order valence-electron chi connectivity index (χ0n) is 14.1. The lowest BCUT2D eigenvalue weighted by Crippen LogP contribution is -2.08. The maximum absolute atomic E-state index is 11.5. The SMILES string of the molecule is O=[N+]([O-])c1c(NCCO)cc(Sc2nnc(-c3ccccc3)o2)c2nonc12. The Balaban J connectivity index is 1.73. The van der Waals surface area contributed by atoms with Crippen molar-refractivity contribution < 1.29 is 19.1 Å². The topological polar surface area (TPSA) is 153 Å². The highest BCUT2D eigenvalue weighted by molar-refractivity contribution is 7.99. The van der Waals surface area contributed by atoms with E-state index in [1.54, 1.807) is 0 Å². The van der Waals surface area contributed by atoms with Crippen LogP contribution in [0.4, 0.5) is 11.4 Å². The van der Waals surface area contributed by atoms with Crippen LogP contribution in [-0.2, 0) is 0 Å². The van der Waals surface area contributed by atoms with E-state index in [0.717, 1.165) is 17.3 Å². The van der Waals surface area contributed by atoms with Crippen LogP contribution in [0.5, 0.6) is 0 Å². The van der Waals surface area contributed by atoms with Crippen LogP contribution in [0.2, 0.25) is 0 Å². The highest BCUT2D eigenvalue weighted by Gasteiger charge is 2.27. The van der Waals surface area contributed by atoms with Gasteiger partial charge >= 0.3 is 5.69 Å². The molecule has 2 aromatic carbocycles. The Kier molecular flexibility index (Phi) is 4.87. The highest BCUT2D eigenvalue weighted by Crippen LogP contribution is 2.40. The standard InChI is InChI=1S/C16H12N6O5S/c23-7-6-17-10-8-11(12-13(21-27-20-12)14(10)22(24)25)28-16-19-18-15(26-16)9-4-2-1-3-5-9/h1-5,8,17,23H,6-7H2. The Morgan fingerprint density at radius 1 is 1.18 bits per heavy atom. The van der Waals surface area contributed by atoms with Gasteiger partial charge in [0, 0.05) is 12.1 Å². The van der Waals surface area contributed by atoms with Crippen molar-refractivity contribution in [3.8, 4) is 11.5 Å². The Morgan fingerprint density at radius 2 is 1.96 bits per heavy atom. The fourth-order valence-corrected chi connectivity index (χ4v) is 3.33. The summed E-state index contributed by atoms with van der Waals surface area (Å²) >= 11 is 1.08. The maximum atomic E-state index is 11.5. The minimum atomic E-state index is -0.582. The summed E-state index contributed by atoms with van der Waals surface area (Å²) in [5, 5.41) is 39.0. The number of nitro groups is 1. The van der Waals surface area contributed by atoms with E-state index in [4.69, 9.17) is 14.2 Å². The molecule has 0 radical (unpaired) electrons. The molecular formula is C16H12N6O5S. The van der Waals surface area contributed by atoms with Crippen molar-refractivity contribution in [1.29, 1.82) is 0 Å². The molecule has 0 aliphatic rings. The molecule has 0 saturated heterocycles. The van der Waals surface area contributed by atoms with E-state index in [1.165, 1.54) is 6.07 Å². The van der Waals surface area contributed by atoms with Crippen LogP contribution in [0.25, 0.3) is 22.5 Å². The molecule has 0 aliphatic heterocycles. The van der Waals surface area contributed by atoms with Gasteiger partial charge in [-0.3, -0.25) is 10.1 Å². The molecule has 0 saturated carbocycles. The van der Waals surface area contributed by atoms with Gasteiger partial charge in [0.25, 0.3) is 5.22 Å². The van der Waals surface area contributed by atoms with E-state index in [2.05, 4.69) is 25.8 Å². The zero-order chi connectivity index (χ0) is 19.5. The number of nitrogens with one attached hydrogen (secondary N) is 1. The molecule has 2 N–H and O–H groups in total. The highest BCUT2D eigenvalue weighted by atomic mass is 32.2. The lowest BCUT2D eigenvalue weighted by Gasteiger charge is -2.07. The summed E-state index contributed by atoms with van der Waals surface area (Å²) in [5.41, 5.74) is 0.838. The summed E-state index contributed by atoms with van der Waals surface area (Å²) in [5.74, 6) is 0.346. The molecule has 28 heavy (non-hydrogen) atoms. The summed E-state index contributed by atoms with van der Waals surface area (Å²) in [6.07, 6.45) is 0. The van der Waals surface area contributed by atoms with Crippen molar-refractivity contribution in [1.82, 2.24) is 20.5 Å². The van der Waals surface area contributed by atoms with E-state index in [0.29, 0.717) is 10.8 Å². The normalized spacial score (nSPS) is 11.0. The van der Waals surface area contributed by atoms with Crippen molar-refractivity contribution >= 4 is 34.2 Å². The Hall–Kier alpha value is -3.51. The molecule has 0 fully saturated rings. The number of benzene rings is 2. The molecule has 0 spiro atoms. The fraction of sp³-hybridized carbons (Fsp3) is 0.125. The first-order valence-electron chi connectivity index (χ1n) is 8.02. The van der Waals surface area contributed by atoms with Crippen LogP contribution in [0.1, 0.15) is 0 Å². The summed E-state index contributed by atoms with van der Waals surface area (Å²) in [6, 6.07) is 10.8. The van der Waals surface area contributed by atoms with Crippen LogP contribution < -0.4 is 5.32 Å². The average Bonchev–Trinajstić information content (AvgIpc) is 3.36. The summed E-state index contributed by atoms with van der Waals surface area (Å²) in [4.78, 5) is 11.4. The number of rotatable bonds is 7. The molecule has 0 bridgehead atoms. The first-order valence-corrected chi connectivity index (χ1v) is 8.84.